The first-order valence-electron chi connectivity index (χ1n) is 10.1. The van der Waals surface area contributed by atoms with Crippen molar-refractivity contribution in [2.75, 3.05) is 31.6 Å². The van der Waals surface area contributed by atoms with Crippen molar-refractivity contribution in [2.45, 2.75) is 39.5 Å². The van der Waals surface area contributed by atoms with E-state index in [4.69, 9.17) is 9.57 Å². The number of anilines is 1. The summed E-state index contributed by atoms with van der Waals surface area (Å²) < 4.78 is 5.58. The Morgan fingerprint density at radius 3 is 2.93 bits per heavy atom. The lowest BCUT2D eigenvalue weighted by atomic mass is 9.93. The molecule has 3 N–H and O–H groups in total. The van der Waals surface area contributed by atoms with Crippen LogP contribution in [0, 0.1) is 0 Å². The van der Waals surface area contributed by atoms with Gasteiger partial charge in [-0.2, -0.15) is 5.10 Å². The van der Waals surface area contributed by atoms with Crippen LogP contribution in [0.4, 0.5) is 5.69 Å². The van der Waals surface area contributed by atoms with Gasteiger partial charge in [-0.1, -0.05) is 12.1 Å². The molecule has 1 aliphatic rings. The number of oxime groups is 1. The average molecular weight is 400 g/mol. The van der Waals surface area contributed by atoms with Gasteiger partial charge in [0.2, 0.25) is 5.88 Å². The Kier molecular flexibility index (Phi) is 7.57. The molecule has 2 aromatic heterocycles. The fraction of sp³-hybridized carbons (Fsp3) is 0.500. The maximum absolute atomic E-state index is 12.8. The first kappa shape index (κ1) is 20.8. The van der Waals surface area contributed by atoms with Gasteiger partial charge in [0, 0.05) is 18.3 Å². The lowest BCUT2D eigenvalue weighted by molar-refractivity contribution is 0.102. The number of aryl methyl sites for hydroxylation is 1. The maximum atomic E-state index is 12.8. The van der Waals surface area contributed by atoms with Crippen LogP contribution in [-0.4, -0.2) is 53.1 Å². The second-order valence-corrected chi connectivity index (χ2v) is 6.67. The first-order valence-corrected chi connectivity index (χ1v) is 10.1. The van der Waals surface area contributed by atoms with Crippen LogP contribution >= 0.6 is 0 Å². The monoisotopic (exact) mass is 400 g/mol. The van der Waals surface area contributed by atoms with Gasteiger partial charge in [0.1, 0.15) is 13.2 Å². The third-order valence-corrected chi connectivity index (χ3v) is 4.44. The average Bonchev–Trinajstić information content (AvgIpc) is 3.18. The third-order valence-electron chi connectivity index (χ3n) is 4.44. The molecule has 1 aliphatic carbocycles. The van der Waals surface area contributed by atoms with Crippen LogP contribution in [0.2, 0.25) is 0 Å². The molecule has 29 heavy (non-hydrogen) atoms. The topological polar surface area (TPSA) is 114 Å². The van der Waals surface area contributed by atoms with Crippen molar-refractivity contribution in [3.05, 3.63) is 35.3 Å². The van der Waals surface area contributed by atoms with Crippen molar-refractivity contribution in [2.24, 2.45) is 5.16 Å². The van der Waals surface area contributed by atoms with Crippen LogP contribution < -0.4 is 15.4 Å². The molecule has 0 bridgehead atoms. The normalized spacial score (nSPS) is 14.5. The molecule has 9 heteroatoms. The van der Waals surface area contributed by atoms with Gasteiger partial charge in [-0.3, -0.25) is 9.89 Å². The molecule has 0 aliphatic heterocycles. The van der Waals surface area contributed by atoms with Gasteiger partial charge in [0.05, 0.1) is 23.2 Å². The van der Waals surface area contributed by atoms with E-state index in [1.54, 1.807) is 18.3 Å². The summed E-state index contributed by atoms with van der Waals surface area (Å²) in [6.45, 7) is 6.75. The van der Waals surface area contributed by atoms with Crippen LogP contribution in [0.5, 0.6) is 5.88 Å². The maximum Gasteiger partial charge on any atom is 0.276 e. The predicted molar refractivity (Wildman–Crippen MR) is 111 cm³/mol. The Labute approximate surface area is 170 Å². The number of nitrogens with one attached hydrogen (secondary N) is 3. The number of hydrogen-bond acceptors (Lipinski definition) is 7. The fourth-order valence-electron chi connectivity index (χ4n) is 3.08. The van der Waals surface area contributed by atoms with Crippen LogP contribution in [0.1, 0.15) is 54.9 Å². The van der Waals surface area contributed by atoms with Crippen LogP contribution in [0.15, 0.2) is 23.5 Å². The molecule has 156 valence electrons. The summed E-state index contributed by atoms with van der Waals surface area (Å²) in [6.07, 6.45) is 5.20. The van der Waals surface area contributed by atoms with E-state index in [0.29, 0.717) is 30.5 Å². The van der Waals surface area contributed by atoms with Crippen molar-refractivity contribution in [3.8, 4) is 5.88 Å². The van der Waals surface area contributed by atoms with Gasteiger partial charge < -0.3 is 20.2 Å². The second-order valence-electron chi connectivity index (χ2n) is 6.67. The molecule has 1 amide bonds. The van der Waals surface area contributed by atoms with E-state index in [-0.39, 0.29) is 5.91 Å². The summed E-state index contributed by atoms with van der Waals surface area (Å²) in [5, 5.41) is 17.4. The summed E-state index contributed by atoms with van der Waals surface area (Å²) in [4.78, 5) is 22.2. The van der Waals surface area contributed by atoms with Gasteiger partial charge >= 0.3 is 0 Å². The number of hydrogen-bond donors (Lipinski definition) is 3. The van der Waals surface area contributed by atoms with Gasteiger partial charge in [0.25, 0.3) is 5.91 Å². The number of aromatic amines is 1. The van der Waals surface area contributed by atoms with E-state index >= 15 is 0 Å². The number of carbonyl (C=O) groups excluding carboxylic acids is 1. The molecule has 0 atom stereocenters. The highest BCUT2D eigenvalue weighted by atomic mass is 16.6. The molecule has 0 spiro atoms. The minimum absolute atomic E-state index is 0.312. The van der Waals surface area contributed by atoms with Crippen LogP contribution in [0.3, 0.4) is 0 Å². The minimum Gasteiger partial charge on any atom is -0.476 e. The number of pyridine rings is 1. The van der Waals surface area contributed by atoms with E-state index in [9.17, 15) is 4.79 Å². The molecule has 0 unspecified atom stereocenters. The largest absolute Gasteiger partial charge is 0.476 e. The van der Waals surface area contributed by atoms with Gasteiger partial charge in [-0.15, -0.1) is 0 Å². The van der Waals surface area contributed by atoms with Crippen LogP contribution in [0.25, 0.3) is 0 Å². The number of rotatable bonds is 10. The fourth-order valence-corrected chi connectivity index (χ4v) is 3.08. The Bertz CT molecular complexity index is 831. The zero-order valence-corrected chi connectivity index (χ0v) is 17.0. The molecule has 2 heterocycles. The number of H-pyrrole nitrogens is 1. The van der Waals surface area contributed by atoms with E-state index in [2.05, 4.69) is 37.9 Å². The quantitative estimate of drug-likeness (QED) is 0.417. The molecular formula is C20H28N6O3. The van der Waals surface area contributed by atoms with E-state index in [1.807, 2.05) is 6.92 Å². The van der Waals surface area contributed by atoms with Crippen LogP contribution in [-0.2, 0) is 11.3 Å². The molecule has 0 saturated carbocycles. The highest BCUT2D eigenvalue weighted by Crippen LogP contribution is 2.24. The predicted octanol–water partition coefficient (Wildman–Crippen LogP) is 2.51. The first-order chi connectivity index (χ1) is 14.2. The zero-order chi connectivity index (χ0) is 20.5. The lowest BCUT2D eigenvalue weighted by Gasteiger charge is -2.14. The van der Waals surface area contributed by atoms with Crippen molar-refractivity contribution in [3.63, 3.8) is 0 Å². The highest BCUT2D eigenvalue weighted by Gasteiger charge is 2.27. The Balaban J connectivity index is 1.62. The number of carbonyl (C=O) groups is 1. The summed E-state index contributed by atoms with van der Waals surface area (Å²) in [5.41, 5.74) is 3.31. The van der Waals surface area contributed by atoms with Crippen molar-refractivity contribution in [1.29, 1.82) is 0 Å². The standard InChI is InChI=1S/C20H28N6O3/c1-3-10-21-11-12-28-17-9-8-14(13-22-17)23-20(27)19-18-15(24-25-19)6-5-7-16(18)26-29-4-2/h8-9,13,21H,3-7,10-12H2,1-2H3,(H,23,27)(H,24,25). The van der Waals surface area contributed by atoms with Gasteiger partial charge in [0.15, 0.2) is 5.69 Å². The minimum atomic E-state index is -0.312. The smallest absolute Gasteiger partial charge is 0.276 e. The molecule has 2 aromatic rings. The SMILES string of the molecule is CCCNCCOc1ccc(NC(=O)c2n[nH]c3c2C(=NOCC)CCC3)cn1. The molecule has 0 radical (unpaired) electrons. The van der Waals surface area contributed by atoms with Crippen molar-refractivity contribution >= 4 is 17.3 Å². The highest BCUT2D eigenvalue weighted by molar-refractivity contribution is 6.13. The number of ether oxygens (including phenoxy) is 1. The molecule has 0 aromatic carbocycles. The van der Waals surface area contributed by atoms with E-state index in [0.717, 1.165) is 55.7 Å². The molecule has 9 nitrogen and oxygen atoms in total. The molecule has 0 fully saturated rings. The number of aromatic nitrogens is 3. The second kappa shape index (κ2) is 10.6. The molecule has 0 saturated heterocycles. The Morgan fingerprint density at radius 1 is 1.28 bits per heavy atom. The summed E-state index contributed by atoms with van der Waals surface area (Å²) in [5.74, 6) is 0.206. The number of fused-ring (bicyclic) bond motifs is 1. The Hall–Kier alpha value is -2.94. The summed E-state index contributed by atoms with van der Waals surface area (Å²) in [7, 11) is 0. The molecular weight excluding hydrogens is 372 g/mol. The Morgan fingerprint density at radius 2 is 2.17 bits per heavy atom. The number of nitrogens with zero attached hydrogens (tertiary/aromatic N) is 3. The summed E-state index contributed by atoms with van der Waals surface area (Å²) >= 11 is 0. The van der Waals surface area contributed by atoms with E-state index < -0.39 is 0 Å². The third kappa shape index (κ3) is 5.54. The van der Waals surface area contributed by atoms with Gasteiger partial charge in [-0.05, 0) is 45.2 Å². The molecule has 3 rings (SSSR count). The summed E-state index contributed by atoms with van der Waals surface area (Å²) in [6, 6.07) is 3.49. The van der Waals surface area contributed by atoms with Crippen molar-refractivity contribution in [1.82, 2.24) is 20.5 Å². The van der Waals surface area contributed by atoms with E-state index in [1.165, 1.54) is 0 Å². The van der Waals surface area contributed by atoms with Gasteiger partial charge in [-0.25, -0.2) is 4.98 Å². The lowest BCUT2D eigenvalue weighted by Crippen LogP contribution is -2.21. The number of amides is 1. The van der Waals surface area contributed by atoms with Crippen molar-refractivity contribution < 1.29 is 14.4 Å². The zero-order valence-electron chi connectivity index (χ0n) is 17.0.